The number of likely N-dealkylation sites (tertiary alicyclic amines) is 1. The second-order valence-corrected chi connectivity index (χ2v) is 15.7. The second-order valence-electron chi connectivity index (χ2n) is 10.9. The molecule has 0 unspecified atom stereocenters. The van der Waals surface area contributed by atoms with Crippen LogP contribution in [0.25, 0.3) is 6.08 Å². The zero-order chi connectivity index (χ0) is 22.6. The Bertz CT molecular complexity index is 716. The summed E-state index contributed by atoms with van der Waals surface area (Å²) >= 11 is 0. The molecule has 4 nitrogen and oxygen atoms in total. The highest BCUT2D eigenvalue weighted by Gasteiger charge is 2.42. The molecule has 0 aromatic heterocycles. The van der Waals surface area contributed by atoms with Crippen molar-refractivity contribution < 1.29 is 14.0 Å². The molecule has 2 rings (SSSR count). The Hall–Kier alpha value is -1.59. The molecule has 1 saturated heterocycles. The van der Waals surface area contributed by atoms with Crippen LogP contribution in [-0.2, 0) is 9.16 Å². The number of rotatable bonds is 6. The Morgan fingerprint density at radius 2 is 1.77 bits per heavy atom. The Morgan fingerprint density at radius 3 is 2.33 bits per heavy atom. The molecule has 1 aromatic rings. The Morgan fingerprint density at radius 1 is 1.13 bits per heavy atom. The summed E-state index contributed by atoms with van der Waals surface area (Å²) in [6.07, 6.45) is 5.87. The summed E-state index contributed by atoms with van der Waals surface area (Å²) in [4.78, 5) is 14.8. The summed E-state index contributed by atoms with van der Waals surface area (Å²) in [6, 6.07) is 10.4. The smallest absolute Gasteiger partial charge is 0.410 e. The fourth-order valence-corrected chi connectivity index (χ4v) is 4.48. The van der Waals surface area contributed by atoms with Crippen LogP contribution in [0.4, 0.5) is 4.79 Å². The molecule has 1 aliphatic heterocycles. The van der Waals surface area contributed by atoms with Gasteiger partial charge in [-0.2, -0.15) is 0 Å². The van der Waals surface area contributed by atoms with Gasteiger partial charge >= 0.3 is 6.09 Å². The molecule has 0 radical (unpaired) electrons. The summed E-state index contributed by atoms with van der Waals surface area (Å²) in [5, 5.41) is 0.180. The van der Waals surface area contributed by atoms with E-state index in [0.29, 0.717) is 12.5 Å². The SMILES string of the molecule is CC(C)(C)OC(=O)N1CC[C@H](CO[Si](C)(C)C(C)(C)C)[C@@H]1C/C=C/c1ccccc1. The van der Waals surface area contributed by atoms with E-state index in [0.717, 1.165) is 19.4 Å². The highest BCUT2D eigenvalue weighted by atomic mass is 28.4. The van der Waals surface area contributed by atoms with Crippen LogP contribution in [0, 0.1) is 5.92 Å². The van der Waals surface area contributed by atoms with Gasteiger partial charge in [0.05, 0.1) is 0 Å². The van der Waals surface area contributed by atoms with Crippen molar-refractivity contribution in [3.63, 3.8) is 0 Å². The lowest BCUT2D eigenvalue weighted by Crippen LogP contribution is -2.45. The number of amides is 1. The average molecular weight is 432 g/mol. The summed E-state index contributed by atoms with van der Waals surface area (Å²) in [7, 11) is -1.83. The van der Waals surface area contributed by atoms with Crippen LogP contribution >= 0.6 is 0 Å². The molecule has 168 valence electrons. The van der Waals surface area contributed by atoms with Crippen LogP contribution < -0.4 is 0 Å². The van der Waals surface area contributed by atoms with Crippen molar-refractivity contribution in [2.45, 2.75) is 84.2 Å². The summed E-state index contributed by atoms with van der Waals surface area (Å²) in [5.74, 6) is 0.326. The first-order valence-corrected chi connectivity index (χ1v) is 14.1. The standard InChI is InChI=1S/C25H41NO3Si/c1-24(2,3)29-23(27)26-18-17-21(19-28-30(7,8)25(4,5)6)22(26)16-12-15-20-13-10-9-11-14-20/h9-15,21-22H,16-19H2,1-8H3/b15-12+/t21-,22+/m1/s1. The van der Waals surface area contributed by atoms with Crippen LogP contribution in [0.15, 0.2) is 36.4 Å². The Kier molecular flexibility index (Phi) is 7.97. The third-order valence-corrected chi connectivity index (χ3v) is 10.8. The zero-order valence-corrected chi connectivity index (χ0v) is 21.2. The molecule has 30 heavy (non-hydrogen) atoms. The van der Waals surface area contributed by atoms with Gasteiger partial charge in [0.1, 0.15) is 5.60 Å². The molecule has 1 aromatic carbocycles. The number of carbonyl (C=O) groups is 1. The summed E-state index contributed by atoms with van der Waals surface area (Å²) < 4.78 is 12.2. The molecule has 5 heteroatoms. The third kappa shape index (κ3) is 6.98. The molecule has 1 heterocycles. The predicted octanol–water partition coefficient (Wildman–Crippen LogP) is 6.74. The lowest BCUT2D eigenvalue weighted by Gasteiger charge is -2.38. The van der Waals surface area contributed by atoms with E-state index in [-0.39, 0.29) is 17.2 Å². The van der Waals surface area contributed by atoms with E-state index in [4.69, 9.17) is 9.16 Å². The van der Waals surface area contributed by atoms with Crippen molar-refractivity contribution in [1.29, 1.82) is 0 Å². The number of benzene rings is 1. The van der Waals surface area contributed by atoms with Gasteiger partial charge in [0, 0.05) is 25.1 Å². The fourth-order valence-electron chi connectivity index (χ4n) is 3.42. The fraction of sp³-hybridized carbons (Fsp3) is 0.640. The normalized spacial score (nSPS) is 20.7. The minimum absolute atomic E-state index is 0.101. The molecular weight excluding hydrogens is 390 g/mol. The lowest BCUT2D eigenvalue weighted by atomic mass is 9.98. The largest absolute Gasteiger partial charge is 0.444 e. The van der Waals surface area contributed by atoms with E-state index in [1.165, 1.54) is 5.56 Å². The highest BCUT2D eigenvalue weighted by molar-refractivity contribution is 6.74. The maximum atomic E-state index is 12.9. The molecular formula is C25H41NO3Si. The quantitative estimate of drug-likeness (QED) is 0.468. The predicted molar refractivity (Wildman–Crippen MR) is 128 cm³/mol. The molecule has 0 bridgehead atoms. The number of nitrogens with zero attached hydrogens (tertiary/aromatic N) is 1. The van der Waals surface area contributed by atoms with Gasteiger partial charge in [-0.05, 0) is 57.3 Å². The van der Waals surface area contributed by atoms with Crippen molar-refractivity contribution in [2.24, 2.45) is 5.92 Å². The highest BCUT2D eigenvalue weighted by Crippen LogP contribution is 2.38. The number of hydrogen-bond acceptors (Lipinski definition) is 3. The zero-order valence-electron chi connectivity index (χ0n) is 20.2. The van der Waals surface area contributed by atoms with Gasteiger partial charge < -0.3 is 14.1 Å². The molecule has 1 fully saturated rings. The van der Waals surface area contributed by atoms with E-state index in [2.05, 4.69) is 58.2 Å². The van der Waals surface area contributed by atoms with Gasteiger partial charge in [-0.25, -0.2) is 4.79 Å². The minimum Gasteiger partial charge on any atom is -0.444 e. The molecule has 0 spiro atoms. The molecule has 2 atom stereocenters. The van der Waals surface area contributed by atoms with Gasteiger partial charge in [0.25, 0.3) is 0 Å². The first-order chi connectivity index (χ1) is 13.8. The lowest BCUT2D eigenvalue weighted by molar-refractivity contribution is 0.0199. The van der Waals surface area contributed by atoms with Crippen molar-refractivity contribution in [3.8, 4) is 0 Å². The molecule has 1 amide bonds. The second kappa shape index (κ2) is 9.69. The van der Waals surface area contributed by atoms with E-state index in [1.54, 1.807) is 0 Å². The van der Waals surface area contributed by atoms with E-state index >= 15 is 0 Å². The average Bonchev–Trinajstić information content (AvgIpc) is 3.02. The topological polar surface area (TPSA) is 38.8 Å². The monoisotopic (exact) mass is 431 g/mol. The third-order valence-electron chi connectivity index (χ3n) is 6.27. The van der Waals surface area contributed by atoms with Crippen LogP contribution in [0.2, 0.25) is 18.1 Å². The van der Waals surface area contributed by atoms with Gasteiger partial charge in [0.2, 0.25) is 0 Å². The van der Waals surface area contributed by atoms with Crippen LogP contribution in [0.3, 0.4) is 0 Å². The van der Waals surface area contributed by atoms with Gasteiger partial charge in [-0.1, -0.05) is 63.3 Å². The van der Waals surface area contributed by atoms with Crippen LogP contribution in [-0.4, -0.2) is 44.1 Å². The molecule has 0 aliphatic carbocycles. The van der Waals surface area contributed by atoms with E-state index < -0.39 is 13.9 Å². The van der Waals surface area contributed by atoms with E-state index in [1.807, 2.05) is 43.9 Å². The summed E-state index contributed by atoms with van der Waals surface area (Å²) in [6.45, 7) is 18.6. The molecule has 1 aliphatic rings. The summed E-state index contributed by atoms with van der Waals surface area (Å²) in [5.41, 5.74) is 0.686. The van der Waals surface area contributed by atoms with Crippen LogP contribution in [0.5, 0.6) is 0 Å². The van der Waals surface area contributed by atoms with Gasteiger partial charge in [-0.3, -0.25) is 0 Å². The molecule has 0 N–H and O–H groups in total. The maximum absolute atomic E-state index is 12.9. The van der Waals surface area contributed by atoms with Gasteiger partial charge in [-0.15, -0.1) is 0 Å². The number of ether oxygens (including phenoxy) is 1. The number of hydrogen-bond donors (Lipinski definition) is 0. The minimum atomic E-state index is -1.83. The Labute approximate surface area is 184 Å². The van der Waals surface area contributed by atoms with Crippen molar-refractivity contribution in [3.05, 3.63) is 42.0 Å². The first kappa shape index (κ1) is 24.7. The van der Waals surface area contributed by atoms with Crippen molar-refractivity contribution in [2.75, 3.05) is 13.2 Å². The van der Waals surface area contributed by atoms with Crippen molar-refractivity contribution in [1.82, 2.24) is 4.90 Å². The number of carbonyl (C=O) groups excluding carboxylic acids is 1. The maximum Gasteiger partial charge on any atom is 0.410 e. The first-order valence-electron chi connectivity index (χ1n) is 11.2. The van der Waals surface area contributed by atoms with Crippen molar-refractivity contribution >= 4 is 20.5 Å². The van der Waals surface area contributed by atoms with E-state index in [9.17, 15) is 4.79 Å². The van der Waals surface area contributed by atoms with Crippen LogP contribution in [0.1, 0.15) is 59.9 Å². The Balaban J connectivity index is 2.12. The van der Waals surface area contributed by atoms with Gasteiger partial charge in [0.15, 0.2) is 8.32 Å². The molecule has 0 saturated carbocycles.